The van der Waals surface area contributed by atoms with Gasteiger partial charge >= 0.3 is 5.97 Å². The van der Waals surface area contributed by atoms with Crippen LogP contribution in [-0.2, 0) is 29.2 Å². The average Bonchev–Trinajstić information content (AvgIpc) is 3.26. The number of ether oxygens (including phenoxy) is 1. The molecule has 1 unspecified atom stereocenters. The van der Waals surface area contributed by atoms with E-state index in [-0.39, 0.29) is 12.4 Å². The van der Waals surface area contributed by atoms with Gasteiger partial charge in [0.25, 0.3) is 0 Å². The van der Waals surface area contributed by atoms with Crippen LogP contribution in [0.2, 0.25) is 0 Å². The summed E-state index contributed by atoms with van der Waals surface area (Å²) in [5.41, 5.74) is 2.62. The van der Waals surface area contributed by atoms with Gasteiger partial charge in [0.05, 0.1) is 13.7 Å². The summed E-state index contributed by atoms with van der Waals surface area (Å²) in [5, 5.41) is 4.73. The van der Waals surface area contributed by atoms with Gasteiger partial charge < -0.3 is 14.2 Å². The van der Waals surface area contributed by atoms with E-state index in [1.54, 1.807) is 0 Å². The molecule has 1 fully saturated rings. The molecule has 1 aliphatic rings. The number of rotatable bonds is 8. The highest BCUT2D eigenvalue weighted by Gasteiger charge is 2.25. The van der Waals surface area contributed by atoms with Crippen molar-refractivity contribution >= 4 is 18.2 Å². The van der Waals surface area contributed by atoms with E-state index in [1.807, 2.05) is 11.6 Å². The van der Waals surface area contributed by atoms with Crippen molar-refractivity contribution in [3.05, 3.63) is 46.0 Å². The number of esters is 1. The predicted octanol–water partition coefficient (Wildman–Crippen LogP) is 2.62. The summed E-state index contributed by atoms with van der Waals surface area (Å²) in [5.74, 6) is 0.494. The molecule has 0 radical (unpaired) electrons. The lowest BCUT2D eigenvalue weighted by molar-refractivity contribution is -0.917. The van der Waals surface area contributed by atoms with Gasteiger partial charge in [0.15, 0.2) is 6.67 Å². The molecule has 1 N–H and O–H groups in total. The Morgan fingerprint density at radius 1 is 1.32 bits per heavy atom. The van der Waals surface area contributed by atoms with Crippen LogP contribution in [0.3, 0.4) is 0 Å². The Bertz CT molecular complexity index is 868. The van der Waals surface area contributed by atoms with E-state index < -0.39 is 0 Å². The summed E-state index contributed by atoms with van der Waals surface area (Å²) in [7, 11) is 2.15. The number of hydrogen-bond donors (Lipinski definition) is 1. The lowest BCUT2D eigenvalue weighted by Crippen LogP contribution is -3.07. The van der Waals surface area contributed by atoms with Crippen LogP contribution in [0.25, 0.3) is 0 Å². The van der Waals surface area contributed by atoms with Crippen molar-refractivity contribution in [2.75, 3.05) is 13.7 Å². The third kappa shape index (κ3) is 4.89. The zero-order chi connectivity index (χ0) is 20.1. The van der Waals surface area contributed by atoms with Crippen LogP contribution in [0.5, 0.6) is 0 Å². The molecule has 0 aliphatic heterocycles. The van der Waals surface area contributed by atoms with E-state index in [1.165, 1.54) is 28.9 Å². The molecular weight excluding hydrogens is 372 g/mol. The third-order valence-electron chi connectivity index (χ3n) is 5.41. The summed E-state index contributed by atoms with van der Waals surface area (Å²) < 4.78 is 9.86. The summed E-state index contributed by atoms with van der Waals surface area (Å²) >= 11 is 5.77. The fourth-order valence-electron chi connectivity index (χ4n) is 4.00. The molecule has 3 rings (SSSR count). The highest BCUT2D eigenvalue weighted by molar-refractivity contribution is 7.71. The first-order valence-electron chi connectivity index (χ1n) is 10.2. The molecule has 1 saturated carbocycles. The minimum atomic E-state index is -0.241. The molecule has 7 heteroatoms. The van der Waals surface area contributed by atoms with Crippen LogP contribution < -0.4 is 4.90 Å². The largest absolute Gasteiger partial charge is 0.466 e. The maximum atomic E-state index is 12.1. The normalized spacial score (nSPS) is 15.7. The predicted molar refractivity (Wildman–Crippen MR) is 111 cm³/mol. The van der Waals surface area contributed by atoms with Crippen LogP contribution in [0, 0.1) is 11.7 Å². The second-order valence-corrected chi connectivity index (χ2v) is 8.07. The molecule has 28 heavy (non-hydrogen) atoms. The first-order valence-corrected chi connectivity index (χ1v) is 10.6. The lowest BCUT2D eigenvalue weighted by Gasteiger charge is -2.15. The fraction of sp³-hybridized carbons (Fsp3) is 0.571. The standard InChI is InChI=1S/C21H30N4O2S/c1-4-27-20(26)13-19-22-24(21(28)25(19)18-11-7-8-12-18)15-23(3)14-17-10-6-5-9-16(17)2/h5-6,9-10,18H,4,7-8,11-15H2,1-3H3/p+1. The van der Waals surface area contributed by atoms with E-state index in [4.69, 9.17) is 22.1 Å². The van der Waals surface area contributed by atoms with Gasteiger partial charge in [0, 0.05) is 11.6 Å². The number of nitrogens with zero attached hydrogens (tertiary/aromatic N) is 3. The van der Waals surface area contributed by atoms with E-state index in [0.29, 0.717) is 19.3 Å². The van der Waals surface area contributed by atoms with Crippen LogP contribution >= 0.6 is 12.2 Å². The van der Waals surface area contributed by atoms with Gasteiger partial charge in [-0.05, 0) is 44.5 Å². The second kappa shape index (κ2) is 9.47. The Kier molecular flexibility index (Phi) is 7.02. The van der Waals surface area contributed by atoms with Crippen LogP contribution in [0.4, 0.5) is 0 Å². The second-order valence-electron chi connectivity index (χ2n) is 7.71. The van der Waals surface area contributed by atoms with E-state index >= 15 is 0 Å². The fourth-order valence-corrected chi connectivity index (χ4v) is 4.36. The van der Waals surface area contributed by atoms with Gasteiger partial charge in [-0.2, -0.15) is 9.78 Å². The molecule has 1 heterocycles. The molecule has 2 aromatic rings. The van der Waals surface area contributed by atoms with Crippen molar-refractivity contribution in [3.8, 4) is 0 Å². The Hall–Kier alpha value is -1.99. The molecule has 1 aliphatic carbocycles. The maximum absolute atomic E-state index is 12.1. The van der Waals surface area contributed by atoms with E-state index in [2.05, 4.69) is 42.8 Å². The first kappa shape index (κ1) is 20.7. The van der Waals surface area contributed by atoms with E-state index in [0.717, 1.165) is 30.0 Å². The summed E-state index contributed by atoms with van der Waals surface area (Å²) in [4.78, 5) is 13.4. The van der Waals surface area contributed by atoms with E-state index in [9.17, 15) is 4.79 Å². The van der Waals surface area contributed by atoms with Gasteiger partial charge in [0.1, 0.15) is 18.8 Å². The average molecular weight is 404 g/mol. The van der Waals surface area contributed by atoms with Crippen LogP contribution in [-0.4, -0.2) is 34.0 Å². The van der Waals surface area contributed by atoms with Gasteiger partial charge in [-0.3, -0.25) is 4.79 Å². The number of benzene rings is 1. The van der Waals surface area contributed by atoms with Crippen molar-refractivity contribution in [1.29, 1.82) is 0 Å². The minimum absolute atomic E-state index is 0.178. The molecule has 1 atom stereocenters. The molecule has 1 aromatic heterocycles. The summed E-state index contributed by atoms with van der Waals surface area (Å²) in [6.45, 7) is 5.91. The van der Waals surface area contributed by atoms with Gasteiger partial charge in [-0.15, -0.1) is 0 Å². The molecule has 6 nitrogen and oxygen atoms in total. The molecule has 1 aromatic carbocycles. The highest BCUT2D eigenvalue weighted by Crippen LogP contribution is 2.30. The Labute approximate surface area is 172 Å². The smallest absolute Gasteiger partial charge is 0.313 e. The molecule has 152 valence electrons. The van der Waals surface area contributed by atoms with Gasteiger partial charge in [-0.1, -0.05) is 37.1 Å². The van der Waals surface area contributed by atoms with Crippen molar-refractivity contribution in [2.45, 2.75) is 65.2 Å². The van der Waals surface area contributed by atoms with Crippen LogP contribution in [0.1, 0.15) is 55.6 Å². The van der Waals surface area contributed by atoms with Gasteiger partial charge in [-0.25, -0.2) is 0 Å². The Morgan fingerprint density at radius 3 is 2.71 bits per heavy atom. The third-order valence-corrected chi connectivity index (χ3v) is 5.82. The number of hydrogen-bond acceptors (Lipinski definition) is 4. The van der Waals surface area contributed by atoms with Crippen molar-refractivity contribution in [2.24, 2.45) is 0 Å². The number of aryl methyl sites for hydroxylation is 1. The molecule has 0 spiro atoms. The Balaban J connectivity index is 1.81. The van der Waals surface area contributed by atoms with Crippen molar-refractivity contribution < 1.29 is 14.4 Å². The number of nitrogens with one attached hydrogen (secondary N) is 1. The number of aromatic nitrogens is 3. The zero-order valence-electron chi connectivity index (χ0n) is 17.1. The Morgan fingerprint density at radius 2 is 2.04 bits per heavy atom. The minimum Gasteiger partial charge on any atom is -0.466 e. The molecule has 0 amide bonds. The number of carbonyl (C=O) groups excluding carboxylic acids is 1. The maximum Gasteiger partial charge on any atom is 0.313 e. The summed E-state index contributed by atoms with van der Waals surface area (Å²) in [6, 6.07) is 8.80. The summed E-state index contributed by atoms with van der Waals surface area (Å²) in [6.07, 6.45) is 4.78. The number of carbonyl (C=O) groups is 1. The lowest BCUT2D eigenvalue weighted by atomic mass is 10.1. The zero-order valence-corrected chi connectivity index (χ0v) is 17.9. The molecular formula is C21H31N4O2S+. The number of quaternary nitrogens is 1. The topological polar surface area (TPSA) is 53.5 Å². The highest BCUT2D eigenvalue weighted by atomic mass is 32.1. The monoisotopic (exact) mass is 403 g/mol. The SMILES string of the molecule is CCOC(=O)Cc1nn(C[NH+](C)Cc2ccccc2C)c(=S)n1C1CCCC1. The molecule has 0 saturated heterocycles. The van der Waals surface area contributed by atoms with Crippen molar-refractivity contribution in [3.63, 3.8) is 0 Å². The molecule has 0 bridgehead atoms. The quantitative estimate of drug-likeness (QED) is 0.544. The van der Waals surface area contributed by atoms with Gasteiger partial charge in [0.2, 0.25) is 4.77 Å². The first-order chi connectivity index (χ1) is 13.5. The van der Waals surface area contributed by atoms with Crippen molar-refractivity contribution in [1.82, 2.24) is 14.3 Å². The van der Waals surface area contributed by atoms with Crippen LogP contribution in [0.15, 0.2) is 24.3 Å².